The van der Waals surface area contributed by atoms with E-state index in [-0.39, 0.29) is 29.9 Å². The van der Waals surface area contributed by atoms with Crippen LogP contribution in [-0.2, 0) is 14.4 Å². The van der Waals surface area contributed by atoms with Gasteiger partial charge in [0.15, 0.2) is 4.34 Å². The first-order valence-electron chi connectivity index (χ1n) is 7.91. The first kappa shape index (κ1) is 19.2. The molecule has 2 aromatic rings. The summed E-state index contributed by atoms with van der Waals surface area (Å²) in [5.74, 6) is -2.81. The van der Waals surface area contributed by atoms with E-state index in [4.69, 9.17) is 0 Å². The zero-order chi connectivity index (χ0) is 19.6. The molecule has 0 radical (unpaired) electrons. The second-order valence-corrected chi connectivity index (χ2v) is 8.39. The van der Waals surface area contributed by atoms with Crippen molar-refractivity contribution in [2.45, 2.75) is 22.9 Å². The second-order valence-electron chi connectivity index (χ2n) is 5.82. The minimum atomic E-state index is -1.22. The van der Waals surface area contributed by atoms with E-state index in [9.17, 15) is 23.9 Å². The molecule has 0 unspecified atom stereocenters. The lowest BCUT2D eigenvalue weighted by Gasteiger charge is -2.16. The number of carbonyl (C=O) groups excluding carboxylic acids is 3. The van der Waals surface area contributed by atoms with Crippen LogP contribution in [-0.4, -0.2) is 39.8 Å². The summed E-state index contributed by atoms with van der Waals surface area (Å²) in [6, 6.07) is 5.48. The van der Waals surface area contributed by atoms with Crippen molar-refractivity contribution in [3.63, 3.8) is 0 Å². The number of hydrogen-bond donors (Lipinski definition) is 1. The number of thioether (sulfide) groups is 1. The Hall–Kier alpha value is -2.53. The molecule has 0 aliphatic carbocycles. The summed E-state index contributed by atoms with van der Waals surface area (Å²) in [4.78, 5) is 36.8. The van der Waals surface area contributed by atoms with E-state index in [1.807, 2.05) is 0 Å². The molecule has 1 aromatic carbocycles. The van der Waals surface area contributed by atoms with E-state index < -0.39 is 23.0 Å². The van der Waals surface area contributed by atoms with Crippen molar-refractivity contribution in [2.75, 3.05) is 16.8 Å². The lowest BCUT2D eigenvalue weighted by atomic mass is 10.1. The van der Waals surface area contributed by atoms with Crippen molar-refractivity contribution in [1.82, 2.24) is 10.2 Å². The molecule has 0 saturated carbocycles. The third-order valence-corrected chi connectivity index (χ3v) is 5.88. The Labute approximate surface area is 161 Å². The van der Waals surface area contributed by atoms with Gasteiger partial charge in [0.05, 0.1) is 11.9 Å². The standard InChI is InChI=1S/C16H15FN4O4S2/c1-8(14(24)25)26-16-20-19-15(27-16)18-13(23)9-6-12(22)21(7-9)11-4-2-10(17)3-5-11/h2-5,8-9H,6-7H2,1H3,(H,24,25)(H,18,19,23)/p-1/t8-,9-/m0/s1. The minimum absolute atomic E-state index is 0.0331. The summed E-state index contributed by atoms with van der Waals surface area (Å²) in [5.41, 5.74) is 0.530. The summed E-state index contributed by atoms with van der Waals surface area (Å²) in [7, 11) is 0. The molecule has 11 heteroatoms. The van der Waals surface area contributed by atoms with Gasteiger partial charge in [0.25, 0.3) is 0 Å². The molecule has 1 aliphatic rings. The van der Waals surface area contributed by atoms with Crippen LogP contribution in [0.3, 0.4) is 0 Å². The Morgan fingerprint density at radius 3 is 2.74 bits per heavy atom. The van der Waals surface area contributed by atoms with Gasteiger partial charge in [-0.25, -0.2) is 4.39 Å². The Bertz CT molecular complexity index is 874. The maximum Gasteiger partial charge on any atom is 0.231 e. The van der Waals surface area contributed by atoms with Gasteiger partial charge in [-0.15, -0.1) is 10.2 Å². The average Bonchev–Trinajstić information content (AvgIpc) is 3.22. The molecule has 1 fully saturated rings. The molecule has 2 atom stereocenters. The molecule has 142 valence electrons. The summed E-state index contributed by atoms with van der Waals surface area (Å²) in [6.45, 7) is 1.65. The fourth-order valence-electron chi connectivity index (χ4n) is 2.47. The van der Waals surface area contributed by atoms with Gasteiger partial charge in [-0.05, 0) is 31.2 Å². The van der Waals surface area contributed by atoms with E-state index >= 15 is 0 Å². The number of aliphatic carboxylic acids is 1. The van der Waals surface area contributed by atoms with E-state index in [0.29, 0.717) is 10.0 Å². The van der Waals surface area contributed by atoms with E-state index in [2.05, 4.69) is 15.5 Å². The maximum atomic E-state index is 13.0. The van der Waals surface area contributed by atoms with Gasteiger partial charge in [0, 0.05) is 23.9 Å². The molecule has 1 aliphatic heterocycles. The van der Waals surface area contributed by atoms with E-state index in [1.54, 1.807) is 0 Å². The van der Waals surface area contributed by atoms with Crippen LogP contribution < -0.4 is 15.3 Å². The van der Waals surface area contributed by atoms with Gasteiger partial charge in [-0.1, -0.05) is 23.1 Å². The number of amides is 2. The molecule has 3 rings (SSSR count). The van der Waals surface area contributed by atoms with Crippen LogP contribution in [0.4, 0.5) is 15.2 Å². The first-order valence-corrected chi connectivity index (χ1v) is 9.61. The highest BCUT2D eigenvalue weighted by atomic mass is 32.2. The fraction of sp³-hybridized carbons (Fsp3) is 0.312. The summed E-state index contributed by atoms with van der Waals surface area (Å²) < 4.78 is 13.4. The molecule has 0 spiro atoms. The molecule has 2 heterocycles. The SMILES string of the molecule is C[C@H](Sc1nnc(NC(=O)[C@H]2CC(=O)N(c3ccc(F)cc3)C2)s1)C(=O)[O-]. The van der Waals surface area contributed by atoms with Crippen LogP contribution in [0.2, 0.25) is 0 Å². The fourth-order valence-corrected chi connectivity index (χ4v) is 4.30. The largest absolute Gasteiger partial charge is 0.549 e. The van der Waals surface area contributed by atoms with Crippen LogP contribution in [0.15, 0.2) is 28.6 Å². The highest BCUT2D eigenvalue weighted by Crippen LogP contribution is 2.30. The van der Waals surface area contributed by atoms with Crippen LogP contribution in [0, 0.1) is 11.7 Å². The van der Waals surface area contributed by atoms with Crippen molar-refractivity contribution in [3.05, 3.63) is 30.1 Å². The number of nitrogens with one attached hydrogen (secondary N) is 1. The topological polar surface area (TPSA) is 115 Å². The number of carboxylic acids is 1. The number of hydrogen-bond acceptors (Lipinski definition) is 8. The van der Waals surface area contributed by atoms with Gasteiger partial charge < -0.3 is 20.1 Å². The third kappa shape index (κ3) is 4.61. The Morgan fingerprint density at radius 2 is 2.07 bits per heavy atom. The zero-order valence-corrected chi connectivity index (χ0v) is 15.7. The zero-order valence-electron chi connectivity index (χ0n) is 14.0. The average molecular weight is 409 g/mol. The molecule has 1 saturated heterocycles. The number of carbonyl (C=O) groups is 3. The van der Waals surface area contributed by atoms with Crippen molar-refractivity contribution < 1.29 is 23.9 Å². The lowest BCUT2D eigenvalue weighted by Crippen LogP contribution is -2.31. The minimum Gasteiger partial charge on any atom is -0.549 e. The summed E-state index contributed by atoms with van der Waals surface area (Å²) >= 11 is 2.01. The van der Waals surface area contributed by atoms with Crippen LogP contribution in [0.5, 0.6) is 0 Å². The number of aromatic nitrogens is 2. The molecule has 1 aromatic heterocycles. The monoisotopic (exact) mass is 409 g/mol. The smallest absolute Gasteiger partial charge is 0.231 e. The number of nitrogens with zero attached hydrogens (tertiary/aromatic N) is 3. The molecule has 0 bridgehead atoms. The lowest BCUT2D eigenvalue weighted by molar-refractivity contribution is -0.304. The van der Waals surface area contributed by atoms with Crippen molar-refractivity contribution in [1.29, 1.82) is 0 Å². The Balaban J connectivity index is 1.60. The van der Waals surface area contributed by atoms with E-state index in [0.717, 1.165) is 23.1 Å². The maximum absolute atomic E-state index is 13.0. The molecular weight excluding hydrogens is 395 g/mol. The van der Waals surface area contributed by atoms with Crippen molar-refractivity contribution in [2.24, 2.45) is 5.92 Å². The van der Waals surface area contributed by atoms with Crippen molar-refractivity contribution in [3.8, 4) is 0 Å². The number of carboxylic acid groups (broad SMARTS) is 1. The quantitative estimate of drug-likeness (QED) is 0.557. The van der Waals surface area contributed by atoms with Gasteiger partial charge in [-0.3, -0.25) is 9.59 Å². The second kappa shape index (κ2) is 8.01. The predicted molar refractivity (Wildman–Crippen MR) is 95.7 cm³/mol. The number of halogens is 1. The van der Waals surface area contributed by atoms with Crippen molar-refractivity contribution >= 4 is 51.7 Å². The van der Waals surface area contributed by atoms with Crippen LogP contribution in [0.1, 0.15) is 13.3 Å². The van der Waals surface area contributed by atoms with Gasteiger partial charge in [-0.2, -0.15) is 0 Å². The third-order valence-electron chi connectivity index (χ3n) is 3.88. The Kier molecular flexibility index (Phi) is 5.71. The van der Waals surface area contributed by atoms with E-state index in [1.165, 1.54) is 36.1 Å². The Morgan fingerprint density at radius 1 is 1.37 bits per heavy atom. The number of anilines is 2. The number of benzene rings is 1. The van der Waals surface area contributed by atoms with Crippen LogP contribution in [0.25, 0.3) is 0 Å². The van der Waals surface area contributed by atoms with Gasteiger partial charge >= 0.3 is 0 Å². The first-order chi connectivity index (χ1) is 12.8. The van der Waals surface area contributed by atoms with Gasteiger partial charge in [0.1, 0.15) is 5.82 Å². The molecular formula is C16H14FN4O4S2-. The highest BCUT2D eigenvalue weighted by Gasteiger charge is 2.35. The molecule has 2 amide bonds. The number of rotatable bonds is 6. The predicted octanol–water partition coefficient (Wildman–Crippen LogP) is 0.899. The molecule has 27 heavy (non-hydrogen) atoms. The summed E-state index contributed by atoms with van der Waals surface area (Å²) in [6.07, 6.45) is 0.0331. The molecule has 1 N–H and O–H groups in total. The van der Waals surface area contributed by atoms with Gasteiger partial charge in [0.2, 0.25) is 16.9 Å². The highest BCUT2D eigenvalue weighted by molar-refractivity contribution is 8.02. The normalized spacial score (nSPS) is 17.8. The molecule has 8 nitrogen and oxygen atoms in total. The van der Waals surface area contributed by atoms with Crippen LogP contribution >= 0.6 is 23.1 Å². The summed E-state index contributed by atoms with van der Waals surface area (Å²) in [5, 5.41) is 20.4.